The number of carboxylic acids is 1. The van der Waals surface area contributed by atoms with Crippen LogP contribution in [-0.4, -0.2) is 25.5 Å². The summed E-state index contributed by atoms with van der Waals surface area (Å²) in [6, 6.07) is 5.99. The highest BCUT2D eigenvalue weighted by molar-refractivity contribution is 7.89. The topological polar surface area (TPSA) is 107 Å². The molecular formula is C13H16N2O4S. The number of hydrogen-bond donors (Lipinski definition) is 2. The predicted molar refractivity (Wildman–Crippen MR) is 72.4 cm³/mol. The summed E-state index contributed by atoms with van der Waals surface area (Å²) in [5.74, 6) is -1.17. The molecule has 108 valence electrons. The molecule has 0 spiro atoms. The second-order valence-electron chi connectivity index (χ2n) is 4.78. The summed E-state index contributed by atoms with van der Waals surface area (Å²) in [5.41, 5.74) is 0.334. The van der Waals surface area contributed by atoms with Gasteiger partial charge in [-0.15, -0.1) is 0 Å². The van der Waals surface area contributed by atoms with Crippen molar-refractivity contribution in [3.8, 4) is 6.07 Å². The maximum Gasteiger partial charge on any atom is 0.321 e. The molecule has 0 bridgehead atoms. The fraction of sp³-hybridized carbons (Fsp3) is 0.385. The molecule has 0 aliphatic heterocycles. The van der Waals surface area contributed by atoms with E-state index in [1.807, 2.05) is 19.9 Å². The minimum Gasteiger partial charge on any atom is -0.480 e. The van der Waals surface area contributed by atoms with Crippen molar-refractivity contribution in [2.24, 2.45) is 5.92 Å². The van der Waals surface area contributed by atoms with E-state index in [0.717, 1.165) is 0 Å². The normalized spacial score (nSPS) is 12.9. The Morgan fingerprint density at radius 2 is 1.90 bits per heavy atom. The van der Waals surface area contributed by atoms with E-state index in [4.69, 9.17) is 10.4 Å². The van der Waals surface area contributed by atoms with Crippen molar-refractivity contribution < 1.29 is 18.3 Å². The third kappa shape index (κ3) is 4.33. The molecule has 7 heteroatoms. The Bertz CT molecular complexity index is 615. The Hall–Kier alpha value is -1.91. The summed E-state index contributed by atoms with van der Waals surface area (Å²) < 4.78 is 26.3. The van der Waals surface area contributed by atoms with E-state index in [1.165, 1.54) is 24.3 Å². The van der Waals surface area contributed by atoms with Gasteiger partial charge in [-0.1, -0.05) is 13.8 Å². The van der Waals surface area contributed by atoms with Gasteiger partial charge in [-0.3, -0.25) is 4.79 Å². The summed E-state index contributed by atoms with van der Waals surface area (Å²) in [7, 11) is -3.92. The fourth-order valence-corrected chi connectivity index (χ4v) is 2.84. The number of rotatable bonds is 6. The molecule has 6 nitrogen and oxygen atoms in total. The predicted octanol–water partition coefficient (Wildman–Crippen LogP) is 1.34. The van der Waals surface area contributed by atoms with Crippen LogP contribution in [0.4, 0.5) is 0 Å². The number of sulfonamides is 1. The smallest absolute Gasteiger partial charge is 0.321 e. The third-order valence-corrected chi connectivity index (χ3v) is 4.08. The van der Waals surface area contributed by atoms with Gasteiger partial charge in [-0.25, -0.2) is 8.42 Å². The maximum absolute atomic E-state index is 12.1. The first-order valence-corrected chi connectivity index (χ1v) is 7.50. The second-order valence-corrected chi connectivity index (χ2v) is 6.49. The van der Waals surface area contributed by atoms with E-state index in [2.05, 4.69) is 4.72 Å². The van der Waals surface area contributed by atoms with Gasteiger partial charge in [0.1, 0.15) is 6.04 Å². The molecule has 0 aromatic heterocycles. The molecular weight excluding hydrogens is 280 g/mol. The van der Waals surface area contributed by atoms with Crippen LogP contribution in [0, 0.1) is 17.2 Å². The van der Waals surface area contributed by atoms with Gasteiger partial charge < -0.3 is 5.11 Å². The van der Waals surface area contributed by atoms with Gasteiger partial charge in [0, 0.05) is 0 Å². The van der Waals surface area contributed by atoms with Gasteiger partial charge >= 0.3 is 5.97 Å². The van der Waals surface area contributed by atoms with Crippen LogP contribution >= 0.6 is 0 Å². The average Bonchev–Trinajstić information content (AvgIpc) is 2.37. The van der Waals surface area contributed by atoms with Crippen LogP contribution in [0.25, 0.3) is 0 Å². The lowest BCUT2D eigenvalue weighted by atomic mass is 10.1. The van der Waals surface area contributed by atoms with Crippen molar-refractivity contribution in [1.29, 1.82) is 5.26 Å². The van der Waals surface area contributed by atoms with Crippen molar-refractivity contribution in [3.63, 3.8) is 0 Å². The zero-order chi connectivity index (χ0) is 15.3. The number of nitriles is 1. The van der Waals surface area contributed by atoms with Crippen LogP contribution in [0.5, 0.6) is 0 Å². The molecule has 1 atom stereocenters. The lowest BCUT2D eigenvalue weighted by molar-refractivity contribution is -0.139. The number of benzene rings is 1. The first-order chi connectivity index (χ1) is 9.26. The van der Waals surface area contributed by atoms with E-state index < -0.39 is 22.0 Å². The largest absolute Gasteiger partial charge is 0.480 e. The van der Waals surface area contributed by atoms with Gasteiger partial charge in [0.2, 0.25) is 10.0 Å². The molecule has 0 radical (unpaired) electrons. The fourth-order valence-electron chi connectivity index (χ4n) is 1.63. The lowest BCUT2D eigenvalue weighted by Gasteiger charge is -2.16. The minimum atomic E-state index is -3.92. The maximum atomic E-state index is 12.1. The molecule has 1 rings (SSSR count). The Labute approximate surface area is 118 Å². The number of aliphatic carboxylic acids is 1. The van der Waals surface area contributed by atoms with Crippen molar-refractivity contribution in [3.05, 3.63) is 29.8 Å². The average molecular weight is 296 g/mol. The summed E-state index contributed by atoms with van der Waals surface area (Å²) >= 11 is 0. The molecule has 0 saturated heterocycles. The molecule has 0 aliphatic rings. The van der Waals surface area contributed by atoms with Crippen LogP contribution in [0.3, 0.4) is 0 Å². The van der Waals surface area contributed by atoms with Crippen molar-refractivity contribution >= 4 is 16.0 Å². The highest BCUT2D eigenvalue weighted by atomic mass is 32.2. The SMILES string of the molecule is CC(C)CC(NS(=O)(=O)c1ccc(C#N)cc1)C(=O)O. The molecule has 0 amide bonds. The van der Waals surface area contributed by atoms with Gasteiger partial charge in [0.25, 0.3) is 0 Å². The first-order valence-electron chi connectivity index (χ1n) is 6.01. The molecule has 20 heavy (non-hydrogen) atoms. The third-order valence-electron chi connectivity index (χ3n) is 2.60. The molecule has 1 unspecified atom stereocenters. The zero-order valence-corrected chi connectivity index (χ0v) is 12.0. The van der Waals surface area contributed by atoms with Gasteiger partial charge in [-0.05, 0) is 36.6 Å². The molecule has 1 aromatic carbocycles. The zero-order valence-electron chi connectivity index (χ0n) is 11.2. The monoisotopic (exact) mass is 296 g/mol. The van der Waals surface area contributed by atoms with Crippen molar-refractivity contribution in [2.45, 2.75) is 31.2 Å². The van der Waals surface area contributed by atoms with Gasteiger partial charge in [-0.2, -0.15) is 9.98 Å². The standard InChI is InChI=1S/C13H16N2O4S/c1-9(2)7-12(13(16)17)15-20(18,19)11-5-3-10(8-14)4-6-11/h3-6,9,12,15H,7H2,1-2H3,(H,16,17). The van der Waals surface area contributed by atoms with E-state index in [0.29, 0.717) is 5.56 Å². The number of carboxylic acid groups (broad SMARTS) is 1. The summed E-state index contributed by atoms with van der Waals surface area (Å²) in [5, 5.41) is 17.7. The van der Waals surface area contributed by atoms with Crippen LogP contribution in [0.2, 0.25) is 0 Å². The summed E-state index contributed by atoms with van der Waals surface area (Å²) in [4.78, 5) is 11.0. The number of hydrogen-bond acceptors (Lipinski definition) is 4. The van der Waals surface area contributed by atoms with E-state index >= 15 is 0 Å². The summed E-state index contributed by atoms with van der Waals surface area (Å²) in [6.45, 7) is 3.62. The Balaban J connectivity index is 2.97. The first kappa shape index (κ1) is 16.1. The Morgan fingerprint density at radius 3 is 2.30 bits per heavy atom. The van der Waals surface area contributed by atoms with Gasteiger partial charge in [0.15, 0.2) is 0 Å². The van der Waals surface area contributed by atoms with Crippen molar-refractivity contribution in [1.82, 2.24) is 4.72 Å². The van der Waals surface area contributed by atoms with Gasteiger partial charge in [0.05, 0.1) is 16.5 Å². The van der Waals surface area contributed by atoms with Crippen LogP contribution < -0.4 is 4.72 Å². The molecule has 0 aliphatic carbocycles. The van der Waals surface area contributed by atoms with E-state index in [-0.39, 0.29) is 17.2 Å². The van der Waals surface area contributed by atoms with Crippen LogP contribution in [-0.2, 0) is 14.8 Å². The van der Waals surface area contributed by atoms with Crippen molar-refractivity contribution in [2.75, 3.05) is 0 Å². The molecule has 1 aromatic rings. The number of nitrogens with zero attached hydrogens (tertiary/aromatic N) is 1. The molecule has 0 saturated carbocycles. The second kappa shape index (κ2) is 6.50. The number of nitrogens with one attached hydrogen (secondary N) is 1. The minimum absolute atomic E-state index is 0.0414. The molecule has 0 heterocycles. The highest BCUT2D eigenvalue weighted by Gasteiger charge is 2.25. The highest BCUT2D eigenvalue weighted by Crippen LogP contribution is 2.13. The van der Waals surface area contributed by atoms with Crippen LogP contribution in [0.1, 0.15) is 25.8 Å². The quantitative estimate of drug-likeness (QED) is 0.823. The van der Waals surface area contributed by atoms with E-state index in [1.54, 1.807) is 0 Å². The molecule has 2 N–H and O–H groups in total. The Morgan fingerprint density at radius 1 is 1.35 bits per heavy atom. The number of carbonyl (C=O) groups is 1. The lowest BCUT2D eigenvalue weighted by Crippen LogP contribution is -2.41. The van der Waals surface area contributed by atoms with Crippen LogP contribution in [0.15, 0.2) is 29.2 Å². The Kier molecular flexibility index (Phi) is 5.25. The van der Waals surface area contributed by atoms with E-state index in [9.17, 15) is 13.2 Å². The summed E-state index contributed by atoms with van der Waals surface area (Å²) in [6.07, 6.45) is 0.199. The molecule has 0 fully saturated rings.